The summed E-state index contributed by atoms with van der Waals surface area (Å²) in [6.45, 7) is 12.8. The Balaban J connectivity index is 0.000000146. The van der Waals surface area contributed by atoms with Gasteiger partial charge in [0.1, 0.15) is 0 Å². The Morgan fingerprint density at radius 2 is 1.53 bits per heavy atom. The average Bonchev–Trinajstić information content (AvgIpc) is 2.83. The molecule has 5 nitrogen and oxygen atoms in total. The Labute approximate surface area is 182 Å². The lowest BCUT2D eigenvalue weighted by molar-refractivity contribution is -0.281. The van der Waals surface area contributed by atoms with Gasteiger partial charge in [0.25, 0.3) is 0 Å². The highest BCUT2D eigenvalue weighted by Crippen LogP contribution is 2.57. The van der Waals surface area contributed by atoms with Gasteiger partial charge in [0, 0.05) is 24.3 Å². The summed E-state index contributed by atoms with van der Waals surface area (Å²) in [6, 6.07) is 6.75. The summed E-state index contributed by atoms with van der Waals surface area (Å²) in [4.78, 5) is 0. The topological polar surface area (TPSA) is 59.0 Å². The fraction of sp³-hybridized carbons (Fsp3) is 0.760. The molecule has 2 saturated heterocycles. The van der Waals surface area contributed by atoms with Crippen molar-refractivity contribution in [1.29, 1.82) is 0 Å². The van der Waals surface area contributed by atoms with E-state index in [4.69, 9.17) is 0 Å². The molecule has 0 radical (unpaired) electrons. The van der Waals surface area contributed by atoms with E-state index in [0.717, 1.165) is 23.4 Å². The van der Waals surface area contributed by atoms with Crippen LogP contribution in [0.4, 0.5) is 5.69 Å². The smallest absolute Gasteiger partial charge is 0.0666 e. The molecular weight excluding hydrogens is 374 g/mol. The van der Waals surface area contributed by atoms with E-state index < -0.39 is 0 Å². The quantitative estimate of drug-likeness (QED) is 0.590. The van der Waals surface area contributed by atoms with Crippen LogP contribution < -0.4 is 5.32 Å². The monoisotopic (exact) mass is 415 g/mol. The highest BCUT2D eigenvalue weighted by atomic mass is 16.5. The van der Waals surface area contributed by atoms with E-state index in [2.05, 4.69) is 37.4 Å². The number of hydroxylamine groups is 4. The van der Waals surface area contributed by atoms with Gasteiger partial charge in [-0.2, -0.15) is 10.1 Å². The summed E-state index contributed by atoms with van der Waals surface area (Å²) in [5.41, 5.74) is 2.92. The molecule has 3 heterocycles. The highest BCUT2D eigenvalue weighted by Gasteiger charge is 2.56. The molecule has 2 unspecified atom stereocenters. The molecule has 2 atom stereocenters. The Kier molecular flexibility index (Phi) is 5.29. The zero-order valence-corrected chi connectivity index (χ0v) is 19.9. The van der Waals surface area contributed by atoms with Crippen molar-refractivity contribution in [3.63, 3.8) is 0 Å². The van der Waals surface area contributed by atoms with Crippen molar-refractivity contribution in [3.8, 4) is 0 Å². The molecule has 2 saturated carbocycles. The molecule has 2 aliphatic carbocycles. The number of hydrogen-bond acceptors (Lipinski definition) is 5. The first-order valence-corrected chi connectivity index (χ1v) is 11.8. The van der Waals surface area contributed by atoms with Crippen molar-refractivity contribution in [2.75, 3.05) is 12.4 Å². The van der Waals surface area contributed by atoms with E-state index in [9.17, 15) is 10.4 Å². The third-order valence-corrected chi connectivity index (χ3v) is 8.82. The Morgan fingerprint density at radius 1 is 0.967 bits per heavy atom. The first kappa shape index (κ1) is 22.1. The van der Waals surface area contributed by atoms with Crippen molar-refractivity contribution in [2.24, 2.45) is 17.8 Å². The Morgan fingerprint density at radius 3 is 2.03 bits per heavy atom. The molecule has 0 amide bonds. The van der Waals surface area contributed by atoms with E-state index in [1.54, 1.807) is 5.06 Å². The van der Waals surface area contributed by atoms with Crippen LogP contribution in [0.5, 0.6) is 0 Å². The van der Waals surface area contributed by atoms with Gasteiger partial charge in [-0.25, -0.2) is 0 Å². The molecule has 1 aromatic carbocycles. The summed E-state index contributed by atoms with van der Waals surface area (Å²) in [6.07, 6.45) is 6.32. The van der Waals surface area contributed by atoms with Gasteiger partial charge in [-0.05, 0) is 101 Å². The van der Waals surface area contributed by atoms with Gasteiger partial charge in [0.15, 0.2) is 0 Å². The van der Waals surface area contributed by atoms with E-state index in [1.165, 1.54) is 48.3 Å². The van der Waals surface area contributed by atoms with Gasteiger partial charge in [-0.1, -0.05) is 19.4 Å². The van der Waals surface area contributed by atoms with Gasteiger partial charge in [0.2, 0.25) is 0 Å². The SMILES string of the molecule is CCC1C2CC3CC1CC(C)(C2)N3O.CNc1ccc2c(c1)C(C)(C)N(O)C2(C)C. The minimum Gasteiger partial charge on any atom is -0.388 e. The molecule has 5 heteroatoms. The predicted octanol–water partition coefficient (Wildman–Crippen LogP) is 5.57. The van der Waals surface area contributed by atoms with Crippen LogP contribution in [0.1, 0.15) is 84.8 Å². The minimum atomic E-state index is -0.342. The van der Waals surface area contributed by atoms with Crippen LogP contribution >= 0.6 is 0 Å². The second kappa shape index (κ2) is 7.19. The van der Waals surface area contributed by atoms with Crippen LogP contribution in [0.25, 0.3) is 0 Å². The molecule has 1 aromatic rings. The van der Waals surface area contributed by atoms with E-state index in [1.807, 2.05) is 34.7 Å². The molecule has 4 bridgehead atoms. The maximum Gasteiger partial charge on any atom is 0.0666 e. The zero-order valence-electron chi connectivity index (χ0n) is 19.9. The number of nitrogens with one attached hydrogen (secondary N) is 1. The largest absolute Gasteiger partial charge is 0.388 e. The van der Waals surface area contributed by atoms with Crippen molar-refractivity contribution >= 4 is 5.69 Å². The molecule has 6 rings (SSSR count). The lowest BCUT2D eigenvalue weighted by Crippen LogP contribution is -2.65. The van der Waals surface area contributed by atoms with Gasteiger partial charge in [-0.15, -0.1) is 0 Å². The zero-order chi connectivity index (χ0) is 22.1. The normalized spacial score (nSPS) is 38.2. The summed E-state index contributed by atoms with van der Waals surface area (Å²) < 4.78 is 0. The number of fused-ring (bicyclic) bond motifs is 1. The van der Waals surface area contributed by atoms with Gasteiger partial charge < -0.3 is 15.7 Å². The van der Waals surface area contributed by atoms with E-state index in [0.29, 0.717) is 6.04 Å². The fourth-order valence-electron chi connectivity index (χ4n) is 7.37. The summed E-state index contributed by atoms with van der Waals surface area (Å²) in [7, 11) is 1.91. The molecule has 0 spiro atoms. The second-order valence-corrected chi connectivity index (χ2v) is 11.4. The van der Waals surface area contributed by atoms with E-state index >= 15 is 0 Å². The van der Waals surface area contributed by atoms with Crippen LogP contribution in [0.15, 0.2) is 18.2 Å². The number of rotatable bonds is 2. The molecule has 3 N–H and O–H groups in total. The van der Waals surface area contributed by atoms with Crippen molar-refractivity contribution in [2.45, 2.75) is 96.3 Å². The molecule has 4 fully saturated rings. The Bertz CT molecular complexity index is 790. The molecular formula is C25H41N3O2. The van der Waals surface area contributed by atoms with Crippen LogP contribution in [0, 0.1) is 17.8 Å². The van der Waals surface area contributed by atoms with Gasteiger partial charge in [-0.3, -0.25) is 0 Å². The molecule has 0 aromatic heterocycles. The Hall–Kier alpha value is -1.14. The molecule has 30 heavy (non-hydrogen) atoms. The summed E-state index contributed by atoms with van der Waals surface area (Å²) in [5.74, 6) is 2.78. The number of piperidine rings is 2. The van der Waals surface area contributed by atoms with Gasteiger partial charge in [0.05, 0.1) is 11.1 Å². The van der Waals surface area contributed by atoms with Crippen molar-refractivity contribution < 1.29 is 10.4 Å². The summed E-state index contributed by atoms with van der Waals surface area (Å²) >= 11 is 0. The number of hydrogen-bond donors (Lipinski definition) is 3. The standard InChI is InChI=1S/C13H20N2O.C12H21NO/c1-12(2)10-7-6-9(14-5)8-11(10)13(3,4)15(12)16;1-3-11-8-4-10-5-9(11)7-12(2,6-8)13(10)14/h6-8,14,16H,1-5H3;8-11,14H,3-7H2,1-2H3. The molecule has 3 aliphatic heterocycles. The lowest BCUT2D eigenvalue weighted by Gasteiger charge is -2.62. The van der Waals surface area contributed by atoms with E-state index in [-0.39, 0.29) is 16.6 Å². The third kappa shape index (κ3) is 3.12. The molecule has 5 aliphatic rings. The van der Waals surface area contributed by atoms with Crippen LogP contribution in [0.2, 0.25) is 0 Å². The number of nitrogens with zero attached hydrogens (tertiary/aromatic N) is 2. The predicted molar refractivity (Wildman–Crippen MR) is 121 cm³/mol. The molecule has 168 valence electrons. The maximum atomic E-state index is 10.3. The van der Waals surface area contributed by atoms with Crippen molar-refractivity contribution in [3.05, 3.63) is 29.3 Å². The minimum absolute atomic E-state index is 0.127. The van der Waals surface area contributed by atoms with Gasteiger partial charge >= 0.3 is 0 Å². The van der Waals surface area contributed by atoms with Crippen molar-refractivity contribution in [1.82, 2.24) is 10.1 Å². The fourth-order valence-corrected chi connectivity index (χ4v) is 7.37. The number of benzene rings is 1. The first-order chi connectivity index (χ1) is 14.0. The highest BCUT2D eigenvalue weighted by molar-refractivity contribution is 5.54. The first-order valence-electron chi connectivity index (χ1n) is 11.8. The lowest BCUT2D eigenvalue weighted by atomic mass is 9.54. The van der Waals surface area contributed by atoms with Crippen LogP contribution in [0.3, 0.4) is 0 Å². The average molecular weight is 416 g/mol. The number of anilines is 1. The second-order valence-electron chi connectivity index (χ2n) is 11.4. The van der Waals surface area contributed by atoms with Crippen LogP contribution in [-0.2, 0) is 11.1 Å². The third-order valence-electron chi connectivity index (χ3n) is 8.82. The summed E-state index contributed by atoms with van der Waals surface area (Å²) in [5, 5.41) is 26.6. The van der Waals surface area contributed by atoms with Crippen LogP contribution in [-0.4, -0.2) is 39.2 Å². The maximum absolute atomic E-state index is 10.3.